The molecule has 7 heteroatoms. The molecule has 0 amide bonds. The van der Waals surface area contributed by atoms with E-state index in [1.165, 1.54) is 0 Å². The molecule has 2 aliphatic heterocycles. The van der Waals surface area contributed by atoms with E-state index in [9.17, 15) is 20.1 Å². The number of rotatable bonds is 5. The Morgan fingerprint density at radius 1 is 1.18 bits per heavy atom. The molecule has 2 aliphatic carbocycles. The zero-order valence-electron chi connectivity index (χ0n) is 23.4. The van der Waals surface area contributed by atoms with Crippen LogP contribution >= 0.6 is 0 Å². The molecule has 2 saturated carbocycles. The van der Waals surface area contributed by atoms with Crippen molar-refractivity contribution in [3.63, 3.8) is 0 Å². The normalized spacial score (nSPS) is 34.9. The molecule has 0 spiro atoms. The number of phenols is 1. The number of cyclic esters (lactones) is 1. The molecule has 2 unspecified atom stereocenters. The van der Waals surface area contributed by atoms with Crippen molar-refractivity contribution in [3.05, 3.63) is 65.5 Å². The van der Waals surface area contributed by atoms with Gasteiger partial charge in [0.2, 0.25) is 0 Å². The predicted octanol–water partition coefficient (Wildman–Crippen LogP) is 4.27. The van der Waals surface area contributed by atoms with E-state index in [0.29, 0.717) is 23.3 Å². The van der Waals surface area contributed by atoms with Crippen molar-refractivity contribution in [3.8, 4) is 5.75 Å². The summed E-state index contributed by atoms with van der Waals surface area (Å²) in [5.41, 5.74) is 2.43. The van der Waals surface area contributed by atoms with Gasteiger partial charge in [0.05, 0.1) is 18.3 Å². The number of fused-ring (bicyclic) bond motifs is 1. The lowest BCUT2D eigenvalue weighted by Crippen LogP contribution is -2.57. The highest BCUT2D eigenvalue weighted by atomic mass is 16.5. The van der Waals surface area contributed by atoms with E-state index >= 15 is 0 Å². The predicted molar refractivity (Wildman–Crippen MR) is 153 cm³/mol. The van der Waals surface area contributed by atoms with Crippen LogP contribution in [0.5, 0.6) is 5.75 Å². The number of aliphatic hydroxyl groups is 2. The Bertz CT molecular complexity index is 1230. The quantitative estimate of drug-likeness (QED) is 0.384. The number of carbonyl (C=O) groups excluding carboxylic acids is 1. The molecule has 210 valence electrons. The van der Waals surface area contributed by atoms with Crippen LogP contribution in [0, 0.1) is 22.7 Å². The topological polar surface area (TPSA) is 93.5 Å². The lowest BCUT2D eigenvalue weighted by atomic mass is 9.46. The van der Waals surface area contributed by atoms with E-state index in [1.54, 1.807) is 18.2 Å². The minimum atomic E-state index is -0.552. The van der Waals surface area contributed by atoms with E-state index in [-0.39, 0.29) is 29.6 Å². The smallest absolute Gasteiger partial charge is 0.343 e. The fourth-order valence-electron chi connectivity index (χ4n) is 7.36. The molecule has 0 radical (unpaired) electrons. The maximum absolute atomic E-state index is 12.7. The lowest BCUT2D eigenvalue weighted by molar-refractivity contribution is -0.145. The molecular weight excluding hydrogens is 492 g/mol. The maximum Gasteiger partial charge on any atom is 0.343 e. The van der Waals surface area contributed by atoms with Gasteiger partial charge in [0.1, 0.15) is 11.5 Å². The van der Waals surface area contributed by atoms with Gasteiger partial charge in [0, 0.05) is 54.8 Å². The number of ether oxygens (including phenoxy) is 1. The van der Waals surface area contributed by atoms with Gasteiger partial charge in [-0.15, -0.1) is 0 Å². The van der Waals surface area contributed by atoms with Crippen LogP contribution in [0.15, 0.2) is 59.9 Å². The van der Waals surface area contributed by atoms with E-state index < -0.39 is 17.5 Å². The number of likely N-dealkylation sites (N-methyl/N-ethyl adjacent to an activating group) is 1. The lowest BCUT2D eigenvalue weighted by Gasteiger charge is -2.59. The summed E-state index contributed by atoms with van der Waals surface area (Å²) in [6.45, 7) is 12.3. The van der Waals surface area contributed by atoms with Gasteiger partial charge in [-0.05, 0) is 68.3 Å². The number of nitrogens with zero attached hydrogens (tertiary/aromatic N) is 2. The summed E-state index contributed by atoms with van der Waals surface area (Å²) < 4.78 is 5.52. The number of aliphatic hydroxyl groups excluding tert-OH is 2. The number of benzene rings is 1. The van der Waals surface area contributed by atoms with E-state index in [0.717, 1.165) is 56.7 Å². The fraction of sp³-hybridized carbons (Fsp3) is 0.531. The standard InChI is InChI=1S/C32H42N2O5/c1-21-5-10-28-31(2,12-11-29(37)32(28,3)20-35)26(21)9-7-23-18-25(39-30(23)38)17-22-6-8-24(19-27(22)36)34-15-13-33(4)14-16-34/h6-9,17-19,26,28-29,35-37H,1,5,10-16,20H2,2-4H3/b9-7+,25-17+/t26?,28?,29-,31+,32-/m0/s1. The molecule has 4 aliphatic rings. The Labute approximate surface area is 231 Å². The first kappa shape index (κ1) is 27.7. The number of carbonyl (C=O) groups is 1. The van der Waals surface area contributed by atoms with E-state index in [2.05, 4.69) is 36.4 Å². The largest absolute Gasteiger partial charge is 0.507 e. The minimum Gasteiger partial charge on any atom is -0.507 e. The van der Waals surface area contributed by atoms with Gasteiger partial charge in [-0.1, -0.05) is 38.2 Å². The molecule has 3 N–H and O–H groups in total. The molecule has 0 bridgehead atoms. The Kier molecular flexibility index (Phi) is 7.53. The highest BCUT2D eigenvalue weighted by Gasteiger charge is 2.57. The summed E-state index contributed by atoms with van der Waals surface area (Å²) in [6.07, 6.45) is 9.94. The van der Waals surface area contributed by atoms with Crippen LogP contribution in [-0.4, -0.2) is 72.1 Å². The SMILES string of the molecule is C=C1CCC2[C@](C)(CC[C@H](O)[C@@]2(C)CO)C1/C=C/C1=CC(=C\c2ccc(N3CCN(C)CC3)cc2O)/OC1=O. The second kappa shape index (κ2) is 10.6. The van der Waals surface area contributed by atoms with Gasteiger partial charge < -0.3 is 29.9 Å². The van der Waals surface area contributed by atoms with Crippen molar-refractivity contribution in [2.24, 2.45) is 22.7 Å². The highest BCUT2D eigenvalue weighted by molar-refractivity contribution is 5.96. The summed E-state index contributed by atoms with van der Waals surface area (Å²) in [5, 5.41) is 31.6. The summed E-state index contributed by atoms with van der Waals surface area (Å²) in [6, 6.07) is 5.62. The van der Waals surface area contributed by atoms with Crippen LogP contribution in [0.4, 0.5) is 5.69 Å². The van der Waals surface area contributed by atoms with E-state index in [1.807, 2.05) is 25.1 Å². The average molecular weight is 535 g/mol. The molecule has 5 rings (SSSR count). The van der Waals surface area contributed by atoms with Crippen LogP contribution in [0.2, 0.25) is 0 Å². The van der Waals surface area contributed by atoms with Crippen LogP contribution in [0.25, 0.3) is 6.08 Å². The Balaban J connectivity index is 1.34. The number of anilines is 1. The number of phenolic OH excluding ortho intramolecular Hbond substituents is 1. The van der Waals surface area contributed by atoms with Gasteiger partial charge in [0.15, 0.2) is 0 Å². The maximum atomic E-state index is 12.7. The number of hydrogen-bond donors (Lipinski definition) is 3. The first-order chi connectivity index (χ1) is 18.5. The number of allylic oxidation sites excluding steroid dienone is 3. The second-order valence-corrected chi connectivity index (χ2v) is 12.4. The highest BCUT2D eigenvalue weighted by Crippen LogP contribution is 2.61. The van der Waals surface area contributed by atoms with Crippen LogP contribution < -0.4 is 4.90 Å². The Morgan fingerprint density at radius 2 is 1.92 bits per heavy atom. The summed E-state index contributed by atoms with van der Waals surface area (Å²) in [4.78, 5) is 17.3. The molecule has 7 nitrogen and oxygen atoms in total. The molecular formula is C32H42N2O5. The molecule has 3 fully saturated rings. The molecule has 1 saturated heterocycles. The third-order valence-corrected chi connectivity index (χ3v) is 9.95. The zero-order chi connectivity index (χ0) is 27.9. The second-order valence-electron chi connectivity index (χ2n) is 12.4. The number of aromatic hydroxyl groups is 1. The summed E-state index contributed by atoms with van der Waals surface area (Å²) in [5.74, 6) is 0.297. The van der Waals surface area contributed by atoms with Gasteiger partial charge in [-0.3, -0.25) is 0 Å². The minimum absolute atomic E-state index is 0.0301. The molecule has 5 atom stereocenters. The number of piperazine rings is 1. The van der Waals surface area contributed by atoms with Crippen LogP contribution in [0.1, 0.15) is 45.1 Å². The van der Waals surface area contributed by atoms with Crippen LogP contribution in [0.3, 0.4) is 0 Å². The van der Waals surface area contributed by atoms with Gasteiger partial charge in [-0.2, -0.15) is 0 Å². The molecule has 0 aromatic heterocycles. The van der Waals surface area contributed by atoms with Gasteiger partial charge >= 0.3 is 5.97 Å². The zero-order valence-corrected chi connectivity index (χ0v) is 23.4. The first-order valence-electron chi connectivity index (χ1n) is 14.1. The third-order valence-electron chi connectivity index (χ3n) is 9.95. The number of esters is 1. The first-order valence-corrected chi connectivity index (χ1v) is 14.1. The Morgan fingerprint density at radius 3 is 2.62 bits per heavy atom. The summed E-state index contributed by atoms with van der Waals surface area (Å²) >= 11 is 0. The van der Waals surface area contributed by atoms with Crippen molar-refractivity contribution >= 4 is 17.7 Å². The van der Waals surface area contributed by atoms with Crippen molar-refractivity contribution in [1.82, 2.24) is 4.90 Å². The van der Waals surface area contributed by atoms with Crippen molar-refractivity contribution in [1.29, 1.82) is 0 Å². The van der Waals surface area contributed by atoms with Crippen LogP contribution in [-0.2, 0) is 9.53 Å². The van der Waals surface area contributed by atoms with Crippen molar-refractivity contribution in [2.75, 3.05) is 44.7 Å². The van der Waals surface area contributed by atoms with Gasteiger partial charge in [-0.25, -0.2) is 4.79 Å². The molecule has 2 heterocycles. The molecule has 1 aromatic rings. The van der Waals surface area contributed by atoms with Gasteiger partial charge in [0.25, 0.3) is 0 Å². The fourth-order valence-corrected chi connectivity index (χ4v) is 7.36. The monoisotopic (exact) mass is 534 g/mol. The van der Waals surface area contributed by atoms with E-state index in [4.69, 9.17) is 4.74 Å². The Hall–Kier alpha value is -2.87. The van der Waals surface area contributed by atoms with Crippen molar-refractivity contribution < 1.29 is 24.9 Å². The average Bonchev–Trinajstić information content (AvgIpc) is 3.26. The third kappa shape index (κ3) is 5.08. The number of hydrogen-bond acceptors (Lipinski definition) is 7. The summed E-state index contributed by atoms with van der Waals surface area (Å²) in [7, 11) is 2.11. The van der Waals surface area contributed by atoms with Crippen molar-refractivity contribution in [2.45, 2.75) is 45.6 Å². The molecule has 39 heavy (non-hydrogen) atoms. The molecule has 1 aromatic carbocycles.